The maximum atomic E-state index is 12.4. The number of hydrogen-bond acceptors (Lipinski definition) is 7. The van der Waals surface area contributed by atoms with E-state index in [2.05, 4.69) is 24.9 Å². The Morgan fingerprint density at radius 1 is 1.18 bits per heavy atom. The van der Waals surface area contributed by atoms with E-state index in [-0.39, 0.29) is 16.5 Å². The SMILES string of the molecule is COc1ccc(S(=O)(=O)NCCNc2cc(N3CCCC3)nc(C)n2)cc1Cl. The molecule has 0 unspecified atom stereocenters. The molecule has 28 heavy (non-hydrogen) atoms. The molecule has 1 saturated heterocycles. The van der Waals surface area contributed by atoms with Crippen molar-refractivity contribution in [1.82, 2.24) is 14.7 Å². The minimum Gasteiger partial charge on any atom is -0.495 e. The average Bonchev–Trinajstić information content (AvgIpc) is 3.19. The van der Waals surface area contributed by atoms with Gasteiger partial charge in [0, 0.05) is 32.2 Å². The highest BCUT2D eigenvalue weighted by molar-refractivity contribution is 7.89. The molecule has 0 amide bonds. The van der Waals surface area contributed by atoms with E-state index in [0.717, 1.165) is 18.9 Å². The number of rotatable bonds is 8. The van der Waals surface area contributed by atoms with Gasteiger partial charge in [0.05, 0.1) is 17.0 Å². The van der Waals surface area contributed by atoms with Crippen molar-refractivity contribution in [2.24, 2.45) is 0 Å². The monoisotopic (exact) mass is 425 g/mol. The van der Waals surface area contributed by atoms with E-state index in [4.69, 9.17) is 16.3 Å². The van der Waals surface area contributed by atoms with E-state index in [1.54, 1.807) is 0 Å². The van der Waals surface area contributed by atoms with Crippen molar-refractivity contribution in [3.8, 4) is 5.75 Å². The van der Waals surface area contributed by atoms with Crippen molar-refractivity contribution < 1.29 is 13.2 Å². The zero-order chi connectivity index (χ0) is 20.1. The molecule has 1 aliphatic rings. The molecule has 0 radical (unpaired) electrons. The summed E-state index contributed by atoms with van der Waals surface area (Å²) in [6, 6.07) is 6.25. The van der Waals surface area contributed by atoms with Crippen molar-refractivity contribution in [2.45, 2.75) is 24.7 Å². The fourth-order valence-corrected chi connectivity index (χ4v) is 4.40. The molecule has 3 rings (SSSR count). The molecule has 10 heteroatoms. The van der Waals surface area contributed by atoms with Crippen LogP contribution in [0.5, 0.6) is 5.75 Å². The summed E-state index contributed by atoms with van der Waals surface area (Å²) in [5, 5.41) is 3.40. The number of aromatic nitrogens is 2. The maximum Gasteiger partial charge on any atom is 0.240 e. The lowest BCUT2D eigenvalue weighted by atomic mass is 10.3. The lowest BCUT2D eigenvalue weighted by Crippen LogP contribution is -2.29. The van der Waals surface area contributed by atoms with Crippen molar-refractivity contribution in [2.75, 3.05) is 43.5 Å². The van der Waals surface area contributed by atoms with Gasteiger partial charge in [-0.25, -0.2) is 23.1 Å². The molecule has 0 bridgehead atoms. The van der Waals surface area contributed by atoms with Crippen LogP contribution in [0.4, 0.5) is 11.6 Å². The summed E-state index contributed by atoms with van der Waals surface area (Å²) >= 11 is 6.01. The third kappa shape index (κ3) is 5.03. The number of anilines is 2. The summed E-state index contributed by atoms with van der Waals surface area (Å²) in [5.41, 5.74) is 0. The summed E-state index contributed by atoms with van der Waals surface area (Å²) in [6.07, 6.45) is 2.34. The Morgan fingerprint density at radius 2 is 1.93 bits per heavy atom. The number of sulfonamides is 1. The molecule has 0 atom stereocenters. The first-order chi connectivity index (χ1) is 13.4. The standard InChI is InChI=1S/C18H24ClN5O3S/c1-13-22-17(12-18(23-13)24-9-3-4-10-24)20-7-8-21-28(25,26)14-5-6-16(27-2)15(19)11-14/h5-6,11-12,21H,3-4,7-10H2,1-2H3,(H,20,22,23). The lowest BCUT2D eigenvalue weighted by molar-refractivity contribution is 0.414. The quantitative estimate of drug-likeness (QED) is 0.627. The molecule has 2 N–H and O–H groups in total. The van der Waals surface area contributed by atoms with Crippen LogP contribution in [0.3, 0.4) is 0 Å². The Balaban J connectivity index is 1.57. The second-order valence-corrected chi connectivity index (χ2v) is 8.65. The molecule has 0 spiro atoms. The van der Waals surface area contributed by atoms with Crippen LogP contribution in [0.1, 0.15) is 18.7 Å². The topological polar surface area (TPSA) is 96.5 Å². The predicted octanol–water partition coefficient (Wildman–Crippen LogP) is 2.44. The minimum absolute atomic E-state index is 0.0903. The number of methoxy groups -OCH3 is 1. The van der Waals surface area contributed by atoms with Crippen LogP contribution < -0.4 is 19.7 Å². The zero-order valence-electron chi connectivity index (χ0n) is 15.9. The summed E-state index contributed by atoms with van der Waals surface area (Å²) in [7, 11) is -2.19. The molecule has 0 saturated carbocycles. The molecule has 8 nitrogen and oxygen atoms in total. The Morgan fingerprint density at radius 3 is 2.61 bits per heavy atom. The van der Waals surface area contributed by atoms with Crippen LogP contribution in [-0.4, -0.2) is 51.7 Å². The van der Waals surface area contributed by atoms with Crippen molar-refractivity contribution >= 4 is 33.3 Å². The molecule has 1 aliphatic heterocycles. The van der Waals surface area contributed by atoms with Gasteiger partial charge in [-0.3, -0.25) is 0 Å². The number of benzene rings is 1. The van der Waals surface area contributed by atoms with Crippen LogP contribution in [0, 0.1) is 6.92 Å². The van der Waals surface area contributed by atoms with E-state index in [1.165, 1.54) is 38.2 Å². The smallest absolute Gasteiger partial charge is 0.240 e. The van der Waals surface area contributed by atoms with E-state index < -0.39 is 10.0 Å². The van der Waals surface area contributed by atoms with Crippen LogP contribution >= 0.6 is 11.6 Å². The third-order valence-corrected chi connectivity index (χ3v) is 6.17. The first-order valence-corrected chi connectivity index (χ1v) is 10.9. The molecule has 2 aromatic rings. The van der Waals surface area contributed by atoms with Gasteiger partial charge in [0.25, 0.3) is 0 Å². The van der Waals surface area contributed by atoms with E-state index in [9.17, 15) is 8.42 Å². The minimum atomic E-state index is -3.66. The second kappa shape index (κ2) is 8.93. The molecule has 1 aromatic carbocycles. The molecule has 1 fully saturated rings. The van der Waals surface area contributed by atoms with Crippen LogP contribution in [0.2, 0.25) is 5.02 Å². The first kappa shape index (κ1) is 20.6. The number of nitrogens with one attached hydrogen (secondary N) is 2. The van der Waals surface area contributed by atoms with Crippen molar-refractivity contribution in [3.63, 3.8) is 0 Å². The van der Waals surface area contributed by atoms with Crippen molar-refractivity contribution in [3.05, 3.63) is 35.1 Å². The van der Waals surface area contributed by atoms with Gasteiger partial charge in [-0.2, -0.15) is 0 Å². The number of aryl methyl sites for hydroxylation is 1. The van der Waals surface area contributed by atoms with Gasteiger partial charge in [0.1, 0.15) is 23.2 Å². The number of ether oxygens (including phenoxy) is 1. The molecule has 0 aliphatic carbocycles. The number of nitrogens with zero attached hydrogens (tertiary/aromatic N) is 3. The van der Waals surface area contributed by atoms with Crippen molar-refractivity contribution in [1.29, 1.82) is 0 Å². The Bertz CT molecular complexity index is 933. The van der Waals surface area contributed by atoms with Crippen LogP contribution in [0.25, 0.3) is 0 Å². The number of halogens is 1. The highest BCUT2D eigenvalue weighted by Crippen LogP contribution is 2.26. The lowest BCUT2D eigenvalue weighted by Gasteiger charge is -2.18. The Kier molecular flexibility index (Phi) is 6.58. The molecule has 2 heterocycles. The first-order valence-electron chi connectivity index (χ1n) is 9.07. The van der Waals surface area contributed by atoms with Crippen LogP contribution in [-0.2, 0) is 10.0 Å². The molecule has 1 aromatic heterocycles. The van der Waals surface area contributed by atoms with Gasteiger partial charge in [-0.05, 0) is 38.0 Å². The molecule has 152 valence electrons. The summed E-state index contributed by atoms with van der Waals surface area (Å²) in [5.74, 6) is 2.69. The summed E-state index contributed by atoms with van der Waals surface area (Å²) < 4.78 is 32.4. The molecular weight excluding hydrogens is 402 g/mol. The maximum absolute atomic E-state index is 12.4. The third-order valence-electron chi connectivity index (χ3n) is 4.41. The highest BCUT2D eigenvalue weighted by atomic mass is 35.5. The van der Waals surface area contributed by atoms with Gasteiger partial charge in [0.15, 0.2) is 0 Å². The highest BCUT2D eigenvalue weighted by Gasteiger charge is 2.17. The largest absolute Gasteiger partial charge is 0.495 e. The molecular formula is C18H24ClN5O3S. The zero-order valence-corrected chi connectivity index (χ0v) is 17.5. The van der Waals surface area contributed by atoms with Gasteiger partial charge >= 0.3 is 0 Å². The Labute approximate surface area is 170 Å². The normalized spacial score (nSPS) is 14.3. The Hall–Kier alpha value is -2.10. The van der Waals surface area contributed by atoms with Gasteiger partial charge in [-0.1, -0.05) is 11.6 Å². The van der Waals surface area contributed by atoms with E-state index in [1.807, 2.05) is 13.0 Å². The van der Waals surface area contributed by atoms with Gasteiger partial charge in [-0.15, -0.1) is 0 Å². The van der Waals surface area contributed by atoms with Crippen LogP contribution in [0.15, 0.2) is 29.2 Å². The fourth-order valence-electron chi connectivity index (χ4n) is 3.02. The van der Waals surface area contributed by atoms with Gasteiger partial charge in [0.2, 0.25) is 10.0 Å². The van der Waals surface area contributed by atoms with E-state index >= 15 is 0 Å². The average molecular weight is 426 g/mol. The fraction of sp³-hybridized carbons (Fsp3) is 0.444. The van der Waals surface area contributed by atoms with Gasteiger partial charge < -0.3 is 15.0 Å². The second-order valence-electron chi connectivity index (χ2n) is 6.47. The number of hydrogen-bond donors (Lipinski definition) is 2. The van der Waals surface area contributed by atoms with E-state index in [0.29, 0.717) is 23.9 Å². The summed E-state index contributed by atoms with van der Waals surface area (Å²) in [4.78, 5) is 11.2. The predicted molar refractivity (Wildman–Crippen MR) is 110 cm³/mol. The summed E-state index contributed by atoms with van der Waals surface area (Å²) in [6.45, 7) is 4.44.